The van der Waals surface area contributed by atoms with Gasteiger partial charge in [-0.2, -0.15) is 0 Å². The summed E-state index contributed by atoms with van der Waals surface area (Å²) in [6, 6.07) is 12.6. The van der Waals surface area contributed by atoms with Gasteiger partial charge in [0.25, 0.3) is 0 Å². The maximum atomic E-state index is 12.3. The Bertz CT molecular complexity index is 775. The van der Waals surface area contributed by atoms with E-state index in [1.807, 2.05) is 0 Å². The average Bonchev–Trinajstić information content (AvgIpc) is 2.66. The zero-order valence-electron chi connectivity index (χ0n) is 16.2. The number of rotatable bonds is 10. The third-order valence-corrected chi connectivity index (χ3v) is 3.80. The third-order valence-electron chi connectivity index (χ3n) is 3.80. The number of benzene rings is 2. The average molecular weight is 412 g/mol. The van der Waals surface area contributed by atoms with Gasteiger partial charge >= 0.3 is 12.3 Å². The number of hydrogen-bond donors (Lipinski definition) is 0. The van der Waals surface area contributed by atoms with Crippen LogP contribution in [0.2, 0.25) is 0 Å². The van der Waals surface area contributed by atoms with Crippen molar-refractivity contribution in [2.24, 2.45) is 0 Å². The fourth-order valence-corrected chi connectivity index (χ4v) is 2.58. The van der Waals surface area contributed by atoms with Crippen LogP contribution in [-0.4, -0.2) is 31.6 Å². The SMILES string of the molecule is CCOC(=O)C(Cc1ccc(OCc2cccc(OC(F)(F)F)c2)cc1)OCC. The predicted molar refractivity (Wildman–Crippen MR) is 99.7 cm³/mol. The van der Waals surface area contributed by atoms with Gasteiger partial charge in [-0.15, -0.1) is 13.2 Å². The lowest BCUT2D eigenvalue weighted by molar-refractivity contribution is -0.274. The summed E-state index contributed by atoms with van der Waals surface area (Å²) in [4.78, 5) is 11.9. The molecule has 0 saturated heterocycles. The first-order valence-electron chi connectivity index (χ1n) is 9.15. The van der Waals surface area contributed by atoms with E-state index >= 15 is 0 Å². The molecule has 0 aliphatic heterocycles. The van der Waals surface area contributed by atoms with Gasteiger partial charge in [0.1, 0.15) is 18.1 Å². The highest BCUT2D eigenvalue weighted by Gasteiger charge is 2.31. The maximum absolute atomic E-state index is 12.3. The van der Waals surface area contributed by atoms with Gasteiger partial charge in [0.2, 0.25) is 0 Å². The molecule has 2 aromatic carbocycles. The number of carbonyl (C=O) groups is 1. The minimum atomic E-state index is -4.74. The number of alkyl halides is 3. The van der Waals surface area contributed by atoms with Crippen LogP contribution >= 0.6 is 0 Å². The van der Waals surface area contributed by atoms with Crippen LogP contribution in [0, 0.1) is 0 Å². The summed E-state index contributed by atoms with van der Waals surface area (Å²) < 4.78 is 56.9. The molecule has 0 saturated carbocycles. The molecule has 2 rings (SSSR count). The molecule has 2 aromatic rings. The fourth-order valence-electron chi connectivity index (χ4n) is 2.58. The van der Waals surface area contributed by atoms with Crippen molar-refractivity contribution in [3.63, 3.8) is 0 Å². The Balaban J connectivity index is 1.93. The lowest BCUT2D eigenvalue weighted by Gasteiger charge is -2.16. The summed E-state index contributed by atoms with van der Waals surface area (Å²) in [6.45, 7) is 4.29. The van der Waals surface area contributed by atoms with Crippen LogP contribution in [0.5, 0.6) is 11.5 Å². The summed E-state index contributed by atoms with van der Waals surface area (Å²) in [7, 11) is 0. The Labute approximate surface area is 167 Å². The van der Waals surface area contributed by atoms with Gasteiger partial charge in [-0.25, -0.2) is 4.79 Å². The highest BCUT2D eigenvalue weighted by Crippen LogP contribution is 2.24. The summed E-state index contributed by atoms with van der Waals surface area (Å²) in [5, 5.41) is 0. The minimum absolute atomic E-state index is 0.0821. The summed E-state index contributed by atoms with van der Waals surface area (Å²) >= 11 is 0. The Kier molecular flexibility index (Phi) is 8.33. The smallest absolute Gasteiger partial charge is 0.489 e. The van der Waals surface area contributed by atoms with Crippen molar-refractivity contribution < 1.29 is 36.9 Å². The van der Waals surface area contributed by atoms with Crippen molar-refractivity contribution in [3.8, 4) is 11.5 Å². The monoisotopic (exact) mass is 412 g/mol. The molecule has 0 heterocycles. The van der Waals surface area contributed by atoms with E-state index in [2.05, 4.69) is 4.74 Å². The molecule has 0 spiro atoms. The van der Waals surface area contributed by atoms with Gasteiger partial charge in [0, 0.05) is 13.0 Å². The second-order valence-corrected chi connectivity index (χ2v) is 6.03. The molecule has 0 amide bonds. The molecule has 0 radical (unpaired) electrons. The van der Waals surface area contributed by atoms with Crippen molar-refractivity contribution in [3.05, 3.63) is 59.7 Å². The van der Waals surface area contributed by atoms with Crippen LogP contribution in [0.3, 0.4) is 0 Å². The lowest BCUT2D eigenvalue weighted by Crippen LogP contribution is -2.28. The Hall–Kier alpha value is -2.74. The summed E-state index contributed by atoms with van der Waals surface area (Å²) in [6.07, 6.45) is -5.05. The first-order valence-corrected chi connectivity index (χ1v) is 9.15. The van der Waals surface area contributed by atoms with Gasteiger partial charge in [-0.1, -0.05) is 24.3 Å². The molecule has 0 fully saturated rings. The van der Waals surface area contributed by atoms with Crippen molar-refractivity contribution in [1.82, 2.24) is 0 Å². The summed E-state index contributed by atoms with van der Waals surface area (Å²) in [5.41, 5.74) is 1.40. The zero-order valence-corrected chi connectivity index (χ0v) is 16.2. The van der Waals surface area contributed by atoms with Crippen molar-refractivity contribution in [2.75, 3.05) is 13.2 Å². The molecular weight excluding hydrogens is 389 g/mol. The Morgan fingerprint density at radius 3 is 2.31 bits per heavy atom. The number of esters is 1. The van der Waals surface area contributed by atoms with Crippen LogP contribution in [0.15, 0.2) is 48.5 Å². The molecular formula is C21H23F3O5. The van der Waals surface area contributed by atoms with E-state index in [1.54, 1.807) is 44.2 Å². The van der Waals surface area contributed by atoms with Gasteiger partial charge in [-0.05, 0) is 49.2 Å². The first kappa shape index (κ1) is 22.5. The van der Waals surface area contributed by atoms with Crippen molar-refractivity contribution >= 4 is 5.97 Å². The largest absolute Gasteiger partial charge is 0.573 e. The van der Waals surface area contributed by atoms with Crippen molar-refractivity contribution in [2.45, 2.75) is 39.3 Å². The maximum Gasteiger partial charge on any atom is 0.573 e. The minimum Gasteiger partial charge on any atom is -0.489 e. The van der Waals surface area contributed by atoms with E-state index in [0.717, 1.165) is 5.56 Å². The second-order valence-electron chi connectivity index (χ2n) is 6.03. The molecule has 0 aromatic heterocycles. The van der Waals surface area contributed by atoms with E-state index in [1.165, 1.54) is 18.2 Å². The Morgan fingerprint density at radius 1 is 0.966 bits per heavy atom. The molecule has 5 nitrogen and oxygen atoms in total. The number of carbonyl (C=O) groups excluding carboxylic acids is 1. The molecule has 0 bridgehead atoms. The number of ether oxygens (including phenoxy) is 4. The van der Waals surface area contributed by atoms with E-state index in [0.29, 0.717) is 24.3 Å². The number of halogens is 3. The van der Waals surface area contributed by atoms with E-state index < -0.39 is 18.4 Å². The van der Waals surface area contributed by atoms with Gasteiger partial charge in [0.15, 0.2) is 6.10 Å². The zero-order chi connectivity index (χ0) is 21.3. The standard InChI is InChI=1S/C21H23F3O5/c1-3-26-19(20(25)27-4-2)13-15-8-10-17(11-9-15)28-14-16-6-5-7-18(12-16)29-21(22,23)24/h5-12,19H,3-4,13-14H2,1-2H3. The molecule has 1 atom stereocenters. The van der Waals surface area contributed by atoms with Crippen LogP contribution in [-0.2, 0) is 27.3 Å². The quantitative estimate of drug-likeness (QED) is 0.531. The van der Waals surface area contributed by atoms with Crippen LogP contribution in [0.1, 0.15) is 25.0 Å². The molecule has 8 heteroatoms. The predicted octanol–water partition coefficient (Wildman–Crippen LogP) is 4.67. The van der Waals surface area contributed by atoms with Crippen molar-refractivity contribution in [1.29, 1.82) is 0 Å². The van der Waals surface area contributed by atoms with Crippen LogP contribution < -0.4 is 9.47 Å². The number of hydrogen-bond acceptors (Lipinski definition) is 5. The van der Waals surface area contributed by atoms with Crippen LogP contribution in [0.25, 0.3) is 0 Å². The molecule has 29 heavy (non-hydrogen) atoms. The first-order chi connectivity index (χ1) is 13.8. The van der Waals surface area contributed by atoms with Gasteiger partial charge < -0.3 is 18.9 Å². The van der Waals surface area contributed by atoms with Gasteiger partial charge in [0.05, 0.1) is 6.61 Å². The van der Waals surface area contributed by atoms with E-state index in [4.69, 9.17) is 14.2 Å². The van der Waals surface area contributed by atoms with Crippen LogP contribution in [0.4, 0.5) is 13.2 Å². The van der Waals surface area contributed by atoms with Gasteiger partial charge in [-0.3, -0.25) is 0 Å². The van der Waals surface area contributed by atoms with E-state index in [-0.39, 0.29) is 19.0 Å². The highest BCUT2D eigenvalue weighted by atomic mass is 19.4. The topological polar surface area (TPSA) is 54.0 Å². The van der Waals surface area contributed by atoms with E-state index in [9.17, 15) is 18.0 Å². The lowest BCUT2D eigenvalue weighted by atomic mass is 10.1. The highest BCUT2D eigenvalue weighted by molar-refractivity contribution is 5.75. The Morgan fingerprint density at radius 2 is 1.69 bits per heavy atom. The third kappa shape index (κ3) is 8.03. The molecule has 1 unspecified atom stereocenters. The fraction of sp³-hybridized carbons (Fsp3) is 0.381. The summed E-state index contributed by atoms with van der Waals surface area (Å²) in [5.74, 6) is -0.162. The molecule has 158 valence electrons. The molecule has 0 aliphatic rings. The second kappa shape index (κ2) is 10.7. The normalized spacial score (nSPS) is 12.3. The molecule has 0 aliphatic carbocycles. The molecule has 0 N–H and O–H groups in total.